The largest absolute Gasteiger partial charge is 0.466 e. The van der Waals surface area contributed by atoms with Crippen molar-refractivity contribution in [2.45, 2.75) is 386 Å². The average molecular weight is 1090 g/mol. The number of rotatable bonds is 65. The van der Waals surface area contributed by atoms with Crippen LogP contribution in [0.25, 0.3) is 0 Å². The minimum atomic E-state index is -0.848. The minimum absolute atomic E-state index is 0.00179. The van der Waals surface area contributed by atoms with Crippen LogP contribution in [0.2, 0.25) is 0 Å². The van der Waals surface area contributed by atoms with Crippen LogP contribution in [-0.2, 0) is 14.3 Å². The molecule has 0 fully saturated rings. The molecule has 0 radical (unpaired) electrons. The van der Waals surface area contributed by atoms with Crippen LogP contribution in [0.3, 0.4) is 0 Å². The molecule has 0 saturated carbocycles. The second-order valence-corrected chi connectivity index (χ2v) is 23.9. The van der Waals surface area contributed by atoms with E-state index in [-0.39, 0.29) is 18.5 Å². The standard InChI is InChI=1S/C72H135NO5/c1-3-5-7-9-11-13-15-17-19-20-21-31-34-37-40-44-48-52-56-60-64-70(75)69(68-74)73-71(76)65-61-57-53-49-45-41-38-35-32-29-27-25-23-22-24-26-28-30-33-36-39-43-47-51-55-59-63-67-78-72(77)66-62-58-54-50-46-42-18-16-14-12-10-8-6-4-2/h16,18,22-23,26,28,60,64,69-70,74-75H,3-15,17,19-21,24-25,27,29-59,61-63,65-68H2,1-2H3,(H,73,76)/b18-16-,23-22-,28-26-,64-60+. The number of esters is 1. The van der Waals surface area contributed by atoms with E-state index in [1.165, 1.54) is 295 Å². The van der Waals surface area contributed by atoms with E-state index in [1.54, 1.807) is 6.08 Å². The fraction of sp³-hybridized carbons (Fsp3) is 0.861. The van der Waals surface area contributed by atoms with Crippen LogP contribution < -0.4 is 5.32 Å². The van der Waals surface area contributed by atoms with Crippen molar-refractivity contribution in [2.75, 3.05) is 13.2 Å². The first-order valence-corrected chi connectivity index (χ1v) is 34.9. The molecule has 0 bridgehead atoms. The maximum Gasteiger partial charge on any atom is 0.305 e. The molecule has 0 aliphatic rings. The smallest absolute Gasteiger partial charge is 0.305 e. The van der Waals surface area contributed by atoms with Crippen LogP contribution in [-0.4, -0.2) is 47.4 Å². The molecule has 458 valence electrons. The molecule has 0 aliphatic heterocycles. The third-order valence-electron chi connectivity index (χ3n) is 16.1. The third-order valence-corrected chi connectivity index (χ3v) is 16.1. The van der Waals surface area contributed by atoms with Crippen molar-refractivity contribution in [1.82, 2.24) is 5.32 Å². The summed E-state index contributed by atoms with van der Waals surface area (Å²) in [7, 11) is 0. The Kier molecular flexibility index (Phi) is 65.4. The lowest BCUT2D eigenvalue weighted by molar-refractivity contribution is -0.143. The zero-order valence-corrected chi connectivity index (χ0v) is 52.4. The van der Waals surface area contributed by atoms with Crippen LogP contribution in [0.15, 0.2) is 48.6 Å². The summed E-state index contributed by atoms with van der Waals surface area (Å²) in [6.45, 7) is 4.91. The highest BCUT2D eigenvalue weighted by atomic mass is 16.5. The van der Waals surface area contributed by atoms with Crippen LogP contribution >= 0.6 is 0 Å². The summed E-state index contributed by atoms with van der Waals surface area (Å²) in [5.41, 5.74) is 0. The van der Waals surface area contributed by atoms with E-state index >= 15 is 0 Å². The first kappa shape index (κ1) is 75.8. The second-order valence-electron chi connectivity index (χ2n) is 23.9. The molecule has 0 aromatic carbocycles. The van der Waals surface area contributed by atoms with Crippen molar-refractivity contribution in [1.29, 1.82) is 0 Å². The molecule has 0 spiro atoms. The van der Waals surface area contributed by atoms with Gasteiger partial charge in [0.2, 0.25) is 5.91 Å². The summed E-state index contributed by atoms with van der Waals surface area (Å²) in [5, 5.41) is 23.2. The summed E-state index contributed by atoms with van der Waals surface area (Å²) in [5.74, 6) is -0.0666. The van der Waals surface area contributed by atoms with Gasteiger partial charge in [0.1, 0.15) is 0 Å². The summed E-state index contributed by atoms with van der Waals surface area (Å²) < 4.78 is 5.48. The molecule has 1 amide bonds. The second kappa shape index (κ2) is 67.3. The predicted octanol–water partition coefficient (Wildman–Crippen LogP) is 22.5. The van der Waals surface area contributed by atoms with Crippen LogP contribution in [0.4, 0.5) is 0 Å². The Labute approximate surface area is 486 Å². The Morgan fingerprint density at radius 2 is 0.641 bits per heavy atom. The minimum Gasteiger partial charge on any atom is -0.466 e. The van der Waals surface area contributed by atoms with E-state index in [0.29, 0.717) is 19.4 Å². The van der Waals surface area contributed by atoms with Crippen molar-refractivity contribution >= 4 is 11.9 Å². The topological polar surface area (TPSA) is 95.9 Å². The highest BCUT2D eigenvalue weighted by Crippen LogP contribution is 2.18. The number of hydrogen-bond donors (Lipinski definition) is 3. The third kappa shape index (κ3) is 63.0. The maximum atomic E-state index is 12.5. The summed E-state index contributed by atoms with van der Waals surface area (Å²) in [6.07, 6.45) is 87.5. The van der Waals surface area contributed by atoms with Gasteiger partial charge in [0.05, 0.1) is 25.4 Å². The van der Waals surface area contributed by atoms with E-state index in [0.717, 1.165) is 51.4 Å². The van der Waals surface area contributed by atoms with Crippen molar-refractivity contribution < 1.29 is 24.5 Å². The van der Waals surface area contributed by atoms with Crippen LogP contribution in [0.5, 0.6) is 0 Å². The molecule has 0 heterocycles. The summed E-state index contributed by atoms with van der Waals surface area (Å²) in [4.78, 5) is 24.6. The van der Waals surface area contributed by atoms with Crippen LogP contribution in [0.1, 0.15) is 373 Å². The molecule has 6 nitrogen and oxygen atoms in total. The fourth-order valence-electron chi connectivity index (χ4n) is 10.7. The van der Waals surface area contributed by atoms with Gasteiger partial charge in [-0.2, -0.15) is 0 Å². The monoisotopic (exact) mass is 1090 g/mol. The highest BCUT2D eigenvalue weighted by molar-refractivity contribution is 5.76. The Hall–Kier alpha value is -2.18. The van der Waals surface area contributed by atoms with Gasteiger partial charge in [-0.3, -0.25) is 9.59 Å². The van der Waals surface area contributed by atoms with Gasteiger partial charge in [0, 0.05) is 12.8 Å². The zero-order chi connectivity index (χ0) is 56.4. The number of aliphatic hydroxyl groups is 2. The number of carbonyl (C=O) groups excluding carboxylic acids is 2. The molecule has 3 N–H and O–H groups in total. The van der Waals surface area contributed by atoms with E-state index in [9.17, 15) is 19.8 Å². The number of aliphatic hydroxyl groups excluding tert-OH is 2. The molecule has 0 aromatic heterocycles. The van der Waals surface area contributed by atoms with E-state index in [1.807, 2.05) is 6.08 Å². The predicted molar refractivity (Wildman–Crippen MR) is 342 cm³/mol. The first-order chi connectivity index (χ1) is 38.5. The first-order valence-electron chi connectivity index (χ1n) is 34.9. The van der Waals surface area contributed by atoms with Crippen molar-refractivity contribution in [3.05, 3.63) is 48.6 Å². The molecule has 0 aliphatic carbocycles. The maximum absolute atomic E-state index is 12.5. The number of nitrogens with one attached hydrogen (secondary N) is 1. The SMILES string of the molecule is CCCCCCC/C=C\CCCCCCCC(=O)OCCCCCCCCCCC/C=C\C/C=C\CCCCCCCCCCCCCC(=O)NC(CO)C(O)/C=C/CCCCCCCCCCCCCCCCCCCC. The van der Waals surface area contributed by atoms with Gasteiger partial charge in [-0.15, -0.1) is 0 Å². The van der Waals surface area contributed by atoms with Gasteiger partial charge >= 0.3 is 5.97 Å². The van der Waals surface area contributed by atoms with Crippen molar-refractivity contribution in [3.8, 4) is 0 Å². The van der Waals surface area contributed by atoms with Gasteiger partial charge in [0.15, 0.2) is 0 Å². The lowest BCUT2D eigenvalue weighted by atomic mass is 10.0. The number of unbranched alkanes of at least 4 members (excludes halogenated alkanes) is 48. The molecular weight excluding hydrogens is 959 g/mol. The Bertz CT molecular complexity index is 1310. The van der Waals surface area contributed by atoms with Gasteiger partial charge in [-0.1, -0.05) is 319 Å². The fourth-order valence-corrected chi connectivity index (χ4v) is 10.7. The quantitative estimate of drug-likeness (QED) is 0.0320. The van der Waals surface area contributed by atoms with Gasteiger partial charge in [0.25, 0.3) is 0 Å². The lowest BCUT2D eigenvalue weighted by Gasteiger charge is -2.20. The normalized spacial score (nSPS) is 12.8. The van der Waals surface area contributed by atoms with Gasteiger partial charge in [-0.05, 0) is 89.9 Å². The molecule has 0 aromatic rings. The van der Waals surface area contributed by atoms with E-state index < -0.39 is 12.1 Å². The van der Waals surface area contributed by atoms with Gasteiger partial charge in [-0.25, -0.2) is 0 Å². The summed E-state index contributed by atoms with van der Waals surface area (Å²) in [6, 6.07) is -0.632. The van der Waals surface area contributed by atoms with Gasteiger partial charge < -0.3 is 20.3 Å². The van der Waals surface area contributed by atoms with Crippen molar-refractivity contribution in [2.24, 2.45) is 0 Å². The van der Waals surface area contributed by atoms with Crippen molar-refractivity contribution in [3.63, 3.8) is 0 Å². The number of amides is 1. The number of hydrogen-bond acceptors (Lipinski definition) is 5. The molecule has 2 atom stereocenters. The van der Waals surface area contributed by atoms with Crippen LogP contribution in [0, 0.1) is 0 Å². The summed E-state index contributed by atoms with van der Waals surface area (Å²) >= 11 is 0. The number of carbonyl (C=O) groups is 2. The van der Waals surface area contributed by atoms with E-state index in [4.69, 9.17) is 4.74 Å². The van der Waals surface area contributed by atoms with E-state index in [2.05, 4.69) is 55.6 Å². The molecule has 78 heavy (non-hydrogen) atoms. The average Bonchev–Trinajstić information content (AvgIpc) is 3.44. The Morgan fingerprint density at radius 1 is 0.359 bits per heavy atom. The lowest BCUT2D eigenvalue weighted by Crippen LogP contribution is -2.45. The Balaban J connectivity index is 3.45. The zero-order valence-electron chi connectivity index (χ0n) is 52.4. The number of allylic oxidation sites excluding steroid dienone is 7. The Morgan fingerprint density at radius 3 is 0.987 bits per heavy atom. The molecule has 2 unspecified atom stereocenters. The molecule has 0 saturated heterocycles. The highest BCUT2D eigenvalue weighted by Gasteiger charge is 2.18. The molecular formula is C72H135NO5. The molecule has 6 heteroatoms. The molecule has 0 rings (SSSR count). The number of ether oxygens (including phenoxy) is 1.